The molecule has 1 saturated heterocycles. The largest absolute Gasteiger partial charge is 0.451 e. The fourth-order valence-corrected chi connectivity index (χ4v) is 4.56. The fourth-order valence-electron chi connectivity index (χ4n) is 4.56. The zero-order valence-electron chi connectivity index (χ0n) is 21.9. The van der Waals surface area contributed by atoms with Crippen LogP contribution in [-0.4, -0.2) is 69.2 Å². The summed E-state index contributed by atoms with van der Waals surface area (Å²) in [6.45, 7) is 1.42. The average Bonchev–Trinajstić information content (AvgIpc) is 3.56. The van der Waals surface area contributed by atoms with Crippen LogP contribution >= 0.6 is 0 Å². The van der Waals surface area contributed by atoms with Crippen LogP contribution in [0.15, 0.2) is 42.7 Å². The van der Waals surface area contributed by atoms with E-state index in [2.05, 4.69) is 15.1 Å². The minimum atomic E-state index is -1.76. The topological polar surface area (TPSA) is 102 Å². The first kappa shape index (κ1) is 28.0. The summed E-state index contributed by atoms with van der Waals surface area (Å²) >= 11 is 0. The van der Waals surface area contributed by atoms with E-state index in [1.165, 1.54) is 18.5 Å². The summed E-state index contributed by atoms with van der Waals surface area (Å²) < 4.78 is 77.1. The second kappa shape index (κ2) is 11.1. The first-order valence-corrected chi connectivity index (χ1v) is 12.4. The Morgan fingerprint density at radius 3 is 2.51 bits per heavy atom. The molecule has 2 aromatic carbocycles. The predicted octanol–water partition coefficient (Wildman–Crippen LogP) is 4.45. The van der Waals surface area contributed by atoms with Gasteiger partial charge in [0.1, 0.15) is 29.4 Å². The number of halogens is 5. The van der Waals surface area contributed by atoms with Gasteiger partial charge in [-0.05, 0) is 32.6 Å². The molecule has 1 fully saturated rings. The molecule has 3 heterocycles. The van der Waals surface area contributed by atoms with Gasteiger partial charge in [-0.15, -0.1) is 0 Å². The Kier molecular flexibility index (Phi) is 7.58. The van der Waals surface area contributed by atoms with Gasteiger partial charge in [0.05, 0.1) is 11.4 Å². The molecule has 1 amide bonds. The fraction of sp³-hybridized carbons (Fsp3) is 0.259. The lowest BCUT2D eigenvalue weighted by Gasteiger charge is -2.15. The van der Waals surface area contributed by atoms with Crippen molar-refractivity contribution in [3.63, 3.8) is 0 Å². The van der Waals surface area contributed by atoms with Gasteiger partial charge in [-0.3, -0.25) is 4.79 Å². The van der Waals surface area contributed by atoms with E-state index in [0.717, 1.165) is 12.1 Å². The van der Waals surface area contributed by atoms with Crippen molar-refractivity contribution in [3.8, 4) is 22.8 Å². The Morgan fingerprint density at radius 1 is 1.10 bits per heavy atom. The second-order valence-corrected chi connectivity index (χ2v) is 9.68. The number of hydrogen-bond donors (Lipinski definition) is 1. The van der Waals surface area contributed by atoms with Crippen LogP contribution in [-0.2, 0) is 4.79 Å². The molecule has 214 valence electrons. The van der Waals surface area contributed by atoms with E-state index in [1.807, 2.05) is 19.0 Å². The monoisotopic (exact) mass is 573 g/mol. The lowest BCUT2D eigenvalue weighted by Crippen LogP contribution is -2.28. The maximum atomic E-state index is 15.4. The second-order valence-electron chi connectivity index (χ2n) is 9.68. The summed E-state index contributed by atoms with van der Waals surface area (Å²) in [5.74, 6) is -9.67. The van der Waals surface area contributed by atoms with Crippen molar-refractivity contribution in [1.82, 2.24) is 29.5 Å². The van der Waals surface area contributed by atoms with Crippen molar-refractivity contribution in [2.45, 2.75) is 12.5 Å². The highest BCUT2D eigenvalue weighted by Gasteiger charge is 2.31. The lowest BCUT2D eigenvalue weighted by molar-refractivity contribution is -0.125. The number of fused-ring (bicyclic) bond motifs is 1. The molecule has 2 aromatic heterocycles. The van der Waals surface area contributed by atoms with Gasteiger partial charge in [0.15, 0.2) is 17.3 Å². The molecule has 0 saturated carbocycles. The van der Waals surface area contributed by atoms with Crippen LogP contribution in [0, 0.1) is 29.1 Å². The Morgan fingerprint density at radius 2 is 1.83 bits per heavy atom. The van der Waals surface area contributed by atoms with Crippen molar-refractivity contribution < 1.29 is 31.5 Å². The van der Waals surface area contributed by atoms with Crippen LogP contribution in [0.2, 0.25) is 0 Å². The van der Waals surface area contributed by atoms with Gasteiger partial charge in [-0.1, -0.05) is 6.08 Å². The van der Waals surface area contributed by atoms with E-state index in [-0.39, 0.29) is 40.5 Å². The zero-order chi connectivity index (χ0) is 29.4. The third-order valence-corrected chi connectivity index (χ3v) is 6.56. The molecule has 5 rings (SSSR count). The summed E-state index contributed by atoms with van der Waals surface area (Å²) in [7, 11) is 3.78. The van der Waals surface area contributed by atoms with E-state index in [9.17, 15) is 22.4 Å². The number of ether oxygens (including phenoxy) is 1. The molecule has 14 heteroatoms. The number of nitrogens with zero attached hydrogens (tertiary/aromatic N) is 6. The zero-order valence-corrected chi connectivity index (χ0v) is 21.9. The molecule has 9 nitrogen and oxygen atoms in total. The van der Waals surface area contributed by atoms with Crippen LogP contribution in [0.3, 0.4) is 0 Å². The molecular weight excluding hydrogens is 549 g/mol. The lowest BCUT2D eigenvalue weighted by atomic mass is 10.1. The first-order valence-electron chi connectivity index (χ1n) is 12.4. The molecule has 0 bridgehead atoms. The van der Waals surface area contributed by atoms with Gasteiger partial charge in [0, 0.05) is 43.4 Å². The average molecular weight is 574 g/mol. The number of carbonyl (C=O) groups is 1. The standard InChI is InChI=1S/C27H24F5N7O2/c1-37(2)8-3-4-20(40)38-9-7-14(12-38)39-27-21(26(33)34-13-35-27)24(36-39)16-6-5-15(10-17(16)28)41-25-22(31)18(29)11-19(30)23(25)32/h3-6,10-11,13-14H,7-9,12H2,1-2H3,(H2,33,34,35)/b4-3+. The van der Waals surface area contributed by atoms with E-state index in [0.29, 0.717) is 31.7 Å². The van der Waals surface area contributed by atoms with E-state index < -0.39 is 40.6 Å². The number of rotatable bonds is 7. The van der Waals surface area contributed by atoms with Gasteiger partial charge in [-0.2, -0.15) is 13.9 Å². The van der Waals surface area contributed by atoms with Gasteiger partial charge in [-0.25, -0.2) is 27.8 Å². The molecular formula is C27H24F5N7O2. The molecule has 4 aromatic rings. The normalized spacial score (nSPS) is 15.5. The number of nitrogen functional groups attached to an aromatic ring is 1. The number of anilines is 1. The predicted molar refractivity (Wildman–Crippen MR) is 139 cm³/mol. The van der Waals surface area contributed by atoms with E-state index in [1.54, 1.807) is 15.7 Å². The smallest absolute Gasteiger partial charge is 0.246 e. The van der Waals surface area contributed by atoms with Crippen molar-refractivity contribution in [3.05, 3.63) is 71.8 Å². The van der Waals surface area contributed by atoms with Crippen molar-refractivity contribution in [2.75, 3.05) is 39.5 Å². The Bertz CT molecular complexity index is 1650. The summed E-state index contributed by atoms with van der Waals surface area (Å²) in [5.41, 5.74) is 6.48. The molecule has 0 radical (unpaired) electrons. The Balaban J connectivity index is 1.46. The van der Waals surface area contributed by atoms with Crippen LogP contribution < -0.4 is 10.5 Å². The summed E-state index contributed by atoms with van der Waals surface area (Å²) in [4.78, 5) is 24.5. The summed E-state index contributed by atoms with van der Waals surface area (Å²) in [6, 6.07) is 2.91. The molecule has 1 atom stereocenters. The molecule has 1 aliphatic heterocycles. The molecule has 1 unspecified atom stereocenters. The Hall–Kier alpha value is -4.59. The maximum absolute atomic E-state index is 15.4. The number of aromatic nitrogens is 4. The number of nitrogens with two attached hydrogens (primary N) is 1. The first-order chi connectivity index (χ1) is 19.5. The van der Waals surface area contributed by atoms with E-state index >= 15 is 4.39 Å². The summed E-state index contributed by atoms with van der Waals surface area (Å²) in [6.07, 6.45) is 5.10. The number of likely N-dealkylation sites (N-methyl/N-ethyl adjacent to an activating group) is 1. The number of benzene rings is 2. The van der Waals surface area contributed by atoms with Crippen LogP contribution in [0.5, 0.6) is 11.5 Å². The maximum Gasteiger partial charge on any atom is 0.246 e. The number of likely N-dealkylation sites (tertiary alicyclic amines) is 1. The van der Waals surface area contributed by atoms with Gasteiger partial charge in [0.2, 0.25) is 23.3 Å². The van der Waals surface area contributed by atoms with Gasteiger partial charge < -0.3 is 20.3 Å². The summed E-state index contributed by atoms with van der Waals surface area (Å²) in [5, 5.41) is 4.84. The van der Waals surface area contributed by atoms with Crippen LogP contribution in [0.1, 0.15) is 12.5 Å². The van der Waals surface area contributed by atoms with Gasteiger partial charge >= 0.3 is 0 Å². The molecule has 2 N–H and O–H groups in total. The molecule has 0 aliphatic carbocycles. The Labute approximate surface area is 230 Å². The van der Waals surface area contributed by atoms with Crippen LogP contribution in [0.25, 0.3) is 22.3 Å². The number of carbonyl (C=O) groups excluding carboxylic acids is 1. The van der Waals surface area contributed by atoms with Crippen molar-refractivity contribution in [2.24, 2.45) is 0 Å². The van der Waals surface area contributed by atoms with Gasteiger partial charge in [0.25, 0.3) is 0 Å². The highest BCUT2D eigenvalue weighted by atomic mass is 19.2. The van der Waals surface area contributed by atoms with Crippen molar-refractivity contribution >= 4 is 22.8 Å². The number of amides is 1. The minimum Gasteiger partial charge on any atom is -0.451 e. The quantitative estimate of drug-likeness (QED) is 0.198. The van der Waals surface area contributed by atoms with Crippen molar-refractivity contribution in [1.29, 1.82) is 0 Å². The molecule has 41 heavy (non-hydrogen) atoms. The van der Waals surface area contributed by atoms with E-state index in [4.69, 9.17) is 10.5 Å². The third kappa shape index (κ3) is 5.42. The molecule has 1 aliphatic rings. The van der Waals surface area contributed by atoms with Crippen LogP contribution in [0.4, 0.5) is 27.8 Å². The molecule has 0 spiro atoms. The minimum absolute atomic E-state index is 0.0351. The highest BCUT2D eigenvalue weighted by Crippen LogP contribution is 2.37. The highest BCUT2D eigenvalue weighted by molar-refractivity contribution is 5.98. The third-order valence-electron chi connectivity index (χ3n) is 6.56. The SMILES string of the molecule is CN(C)C/C=C/C(=O)N1CCC(n2nc(-c3ccc(Oc4c(F)c(F)cc(F)c4F)cc3F)c3c(N)ncnc32)C1. The number of hydrogen-bond acceptors (Lipinski definition) is 7.